The molecule has 1 aromatic carbocycles. The van der Waals surface area contributed by atoms with Gasteiger partial charge in [-0.15, -0.1) is 0 Å². The van der Waals surface area contributed by atoms with E-state index in [1.54, 1.807) is 20.3 Å². The van der Waals surface area contributed by atoms with Crippen LogP contribution in [0.15, 0.2) is 24.3 Å². The van der Waals surface area contributed by atoms with Gasteiger partial charge in [0.1, 0.15) is 24.1 Å². The van der Waals surface area contributed by atoms with Crippen LogP contribution in [0.2, 0.25) is 0 Å². The van der Waals surface area contributed by atoms with Crippen molar-refractivity contribution in [2.75, 3.05) is 27.9 Å². The zero-order valence-electron chi connectivity index (χ0n) is 23.7. The number of carbonyl (C=O) groups excluding carboxylic acids is 3. The molecule has 1 aliphatic carbocycles. The standard InChI is InChI=1S/C29H42N4O6/c1-6-19(2)18-33-25(22-15-21(37-3)12-13-26(22)38-4)16-24(32-33)29(36)31-23(14-20-10-8-7-9-11-20)28(35)30-17-27(34)39-5/h12-13,15-16,19-20,23H,6-11,14,17-18H2,1-5H3,(H,30,35)(H,31,36)/t19?,23-/m0/s1. The number of methoxy groups -OCH3 is 3. The highest BCUT2D eigenvalue weighted by atomic mass is 16.5. The van der Waals surface area contributed by atoms with Crippen molar-refractivity contribution in [2.45, 2.75) is 71.4 Å². The highest BCUT2D eigenvalue weighted by molar-refractivity contribution is 5.97. The molecule has 1 aliphatic rings. The normalized spacial score (nSPS) is 15.2. The number of ether oxygens (including phenoxy) is 3. The fourth-order valence-electron chi connectivity index (χ4n) is 4.90. The topological polar surface area (TPSA) is 121 Å². The van der Waals surface area contributed by atoms with Gasteiger partial charge in [-0.25, -0.2) is 0 Å². The zero-order chi connectivity index (χ0) is 28.4. The van der Waals surface area contributed by atoms with Crippen LogP contribution >= 0.6 is 0 Å². The van der Waals surface area contributed by atoms with Gasteiger partial charge in [0.15, 0.2) is 5.69 Å². The maximum absolute atomic E-state index is 13.5. The maximum atomic E-state index is 13.5. The van der Waals surface area contributed by atoms with E-state index in [0.717, 1.165) is 43.4 Å². The van der Waals surface area contributed by atoms with E-state index in [4.69, 9.17) is 9.47 Å². The third kappa shape index (κ3) is 8.21. The molecule has 2 amide bonds. The minimum atomic E-state index is -0.792. The molecule has 1 heterocycles. The summed E-state index contributed by atoms with van der Waals surface area (Å²) in [5.74, 6) is 0.523. The summed E-state index contributed by atoms with van der Waals surface area (Å²) >= 11 is 0. The molecule has 0 aliphatic heterocycles. The highest BCUT2D eigenvalue weighted by Gasteiger charge is 2.28. The molecule has 2 N–H and O–H groups in total. The van der Waals surface area contributed by atoms with Crippen molar-refractivity contribution in [1.29, 1.82) is 0 Å². The van der Waals surface area contributed by atoms with Gasteiger partial charge in [-0.1, -0.05) is 52.4 Å². The van der Waals surface area contributed by atoms with Crippen LogP contribution in [0.25, 0.3) is 11.3 Å². The Hall–Kier alpha value is -3.56. The zero-order valence-corrected chi connectivity index (χ0v) is 23.7. The fourth-order valence-corrected chi connectivity index (χ4v) is 4.90. The number of rotatable bonds is 13. The molecular formula is C29H42N4O6. The first-order valence-electron chi connectivity index (χ1n) is 13.7. The van der Waals surface area contributed by atoms with Gasteiger partial charge in [-0.2, -0.15) is 5.10 Å². The molecular weight excluding hydrogens is 500 g/mol. The van der Waals surface area contributed by atoms with E-state index in [1.807, 2.05) is 22.9 Å². The maximum Gasteiger partial charge on any atom is 0.325 e. The lowest BCUT2D eigenvalue weighted by Gasteiger charge is -2.26. The molecule has 214 valence electrons. The van der Waals surface area contributed by atoms with Gasteiger partial charge < -0.3 is 24.8 Å². The fraction of sp³-hybridized carbons (Fsp3) is 0.586. The SMILES string of the molecule is CCC(C)Cn1nc(C(=O)N[C@@H](CC2CCCCC2)C(=O)NCC(=O)OC)cc1-c1cc(OC)ccc1OC. The first kappa shape index (κ1) is 30.0. The summed E-state index contributed by atoms with van der Waals surface area (Å²) in [7, 11) is 4.45. The number of hydrogen-bond acceptors (Lipinski definition) is 7. The van der Waals surface area contributed by atoms with Gasteiger partial charge in [-0.3, -0.25) is 19.1 Å². The third-order valence-electron chi connectivity index (χ3n) is 7.43. The van der Waals surface area contributed by atoms with Gasteiger partial charge in [0, 0.05) is 12.1 Å². The molecule has 0 spiro atoms. The second-order valence-corrected chi connectivity index (χ2v) is 10.2. The van der Waals surface area contributed by atoms with Crippen LogP contribution in [0, 0.1) is 11.8 Å². The predicted octanol–water partition coefficient (Wildman–Crippen LogP) is 3.97. The van der Waals surface area contributed by atoms with Crippen molar-refractivity contribution in [1.82, 2.24) is 20.4 Å². The van der Waals surface area contributed by atoms with E-state index in [1.165, 1.54) is 13.5 Å². The van der Waals surface area contributed by atoms with E-state index in [2.05, 4.69) is 34.3 Å². The summed E-state index contributed by atoms with van der Waals surface area (Å²) in [5, 5.41) is 10.2. The van der Waals surface area contributed by atoms with Crippen LogP contribution in [-0.4, -0.2) is 61.5 Å². The van der Waals surface area contributed by atoms with Crippen molar-refractivity contribution in [3.05, 3.63) is 30.0 Å². The Morgan fingerprint density at radius 3 is 2.46 bits per heavy atom. The first-order chi connectivity index (χ1) is 18.8. The second-order valence-electron chi connectivity index (χ2n) is 10.2. The lowest BCUT2D eigenvalue weighted by Crippen LogP contribution is -2.49. The Morgan fingerprint density at radius 2 is 1.82 bits per heavy atom. The Morgan fingerprint density at radius 1 is 1.08 bits per heavy atom. The van der Waals surface area contributed by atoms with E-state index >= 15 is 0 Å². The average Bonchev–Trinajstić information content (AvgIpc) is 3.38. The van der Waals surface area contributed by atoms with Crippen LogP contribution in [0.4, 0.5) is 0 Å². The van der Waals surface area contributed by atoms with Gasteiger partial charge in [0.25, 0.3) is 5.91 Å². The lowest BCUT2D eigenvalue weighted by atomic mass is 9.84. The van der Waals surface area contributed by atoms with E-state index in [-0.39, 0.29) is 12.2 Å². The molecule has 3 rings (SSSR count). The molecule has 39 heavy (non-hydrogen) atoms. The number of carbonyl (C=O) groups is 3. The molecule has 1 fully saturated rings. The van der Waals surface area contributed by atoms with Crippen molar-refractivity contribution in [3.8, 4) is 22.8 Å². The van der Waals surface area contributed by atoms with Gasteiger partial charge in [0.05, 0.1) is 27.0 Å². The first-order valence-corrected chi connectivity index (χ1v) is 13.7. The van der Waals surface area contributed by atoms with Crippen LogP contribution < -0.4 is 20.1 Å². The number of esters is 1. The van der Waals surface area contributed by atoms with Crippen molar-refractivity contribution >= 4 is 17.8 Å². The van der Waals surface area contributed by atoms with Gasteiger partial charge in [0.2, 0.25) is 5.91 Å². The highest BCUT2D eigenvalue weighted by Crippen LogP contribution is 2.34. The van der Waals surface area contributed by atoms with E-state index in [0.29, 0.717) is 36.3 Å². The van der Waals surface area contributed by atoms with E-state index in [9.17, 15) is 14.4 Å². The molecule has 10 heteroatoms. The summed E-state index contributed by atoms with van der Waals surface area (Å²) in [5.41, 5.74) is 1.67. The Bertz CT molecular complexity index is 1120. The van der Waals surface area contributed by atoms with Crippen LogP contribution in [0.5, 0.6) is 11.5 Å². The average molecular weight is 543 g/mol. The van der Waals surface area contributed by atoms with Gasteiger partial charge >= 0.3 is 5.97 Å². The predicted molar refractivity (Wildman–Crippen MR) is 148 cm³/mol. The third-order valence-corrected chi connectivity index (χ3v) is 7.43. The number of benzene rings is 1. The molecule has 0 radical (unpaired) electrons. The Kier molecular flexibility index (Phi) is 11.2. The number of nitrogens with one attached hydrogen (secondary N) is 2. The quantitative estimate of drug-likeness (QED) is 0.368. The minimum absolute atomic E-state index is 0.201. The van der Waals surface area contributed by atoms with Gasteiger partial charge in [-0.05, 0) is 42.5 Å². The monoisotopic (exact) mass is 542 g/mol. The molecule has 1 aromatic heterocycles. The molecule has 0 bridgehead atoms. The molecule has 10 nitrogen and oxygen atoms in total. The molecule has 1 saturated carbocycles. The van der Waals surface area contributed by atoms with Crippen LogP contribution in [0.1, 0.15) is 69.3 Å². The number of aromatic nitrogens is 2. The summed E-state index contributed by atoms with van der Waals surface area (Å²) < 4.78 is 17.5. The number of amides is 2. The number of nitrogens with zero attached hydrogens (tertiary/aromatic N) is 2. The second kappa shape index (κ2) is 14.6. The molecule has 1 unspecified atom stereocenters. The number of hydrogen-bond donors (Lipinski definition) is 2. The van der Waals surface area contributed by atoms with Crippen molar-refractivity contribution in [2.24, 2.45) is 11.8 Å². The smallest absolute Gasteiger partial charge is 0.325 e. The van der Waals surface area contributed by atoms with Crippen LogP contribution in [0.3, 0.4) is 0 Å². The van der Waals surface area contributed by atoms with E-state index < -0.39 is 23.8 Å². The summed E-state index contributed by atoms with van der Waals surface area (Å²) in [6.45, 7) is 4.58. The van der Waals surface area contributed by atoms with Crippen LogP contribution in [-0.2, 0) is 20.9 Å². The minimum Gasteiger partial charge on any atom is -0.497 e. The largest absolute Gasteiger partial charge is 0.497 e. The molecule has 2 aromatic rings. The summed E-state index contributed by atoms with van der Waals surface area (Å²) in [6.07, 6.45) is 6.89. The Balaban J connectivity index is 1.91. The van der Waals surface area contributed by atoms with Crippen molar-refractivity contribution < 1.29 is 28.6 Å². The lowest BCUT2D eigenvalue weighted by molar-refractivity contribution is -0.141. The van der Waals surface area contributed by atoms with Crippen molar-refractivity contribution in [3.63, 3.8) is 0 Å². The summed E-state index contributed by atoms with van der Waals surface area (Å²) in [4.78, 5) is 38.2. The Labute approximate surface area is 230 Å². The summed E-state index contributed by atoms with van der Waals surface area (Å²) in [6, 6.07) is 6.42. The molecule has 0 saturated heterocycles. The molecule has 2 atom stereocenters.